The lowest BCUT2D eigenvalue weighted by Crippen LogP contribution is -2.25. The lowest BCUT2D eigenvalue weighted by Gasteiger charge is -2.11. The highest BCUT2D eigenvalue weighted by atomic mass is 16.5. The Morgan fingerprint density at radius 2 is 2.00 bits per heavy atom. The Hall–Kier alpha value is -1.97. The number of ether oxygens (including phenoxy) is 1. The van der Waals surface area contributed by atoms with Crippen molar-refractivity contribution in [1.82, 2.24) is 5.32 Å². The molecule has 0 aliphatic rings. The van der Waals surface area contributed by atoms with Crippen LogP contribution in [-0.2, 0) is 4.79 Å². The lowest BCUT2D eigenvalue weighted by molar-refractivity contribution is -0.116. The Labute approximate surface area is 127 Å². The summed E-state index contributed by atoms with van der Waals surface area (Å²) >= 11 is 0. The summed E-state index contributed by atoms with van der Waals surface area (Å²) in [6.45, 7) is 9.59. The predicted octanol–water partition coefficient (Wildman–Crippen LogP) is 3.09. The predicted molar refractivity (Wildman–Crippen MR) is 88.1 cm³/mol. The first-order chi connectivity index (χ1) is 9.88. The highest BCUT2D eigenvalue weighted by Gasteiger charge is 2.03. The minimum Gasteiger partial charge on any atom is -0.491 e. The van der Waals surface area contributed by atoms with E-state index in [0.717, 1.165) is 5.56 Å². The Morgan fingerprint density at radius 3 is 2.57 bits per heavy atom. The fraction of sp³-hybridized carbons (Fsp3) is 0.471. The minimum absolute atomic E-state index is 0.0950. The average molecular weight is 290 g/mol. The average Bonchev–Trinajstić information content (AvgIpc) is 2.41. The number of anilines is 1. The van der Waals surface area contributed by atoms with E-state index in [1.807, 2.05) is 18.2 Å². The van der Waals surface area contributed by atoms with Crippen LogP contribution in [0, 0.1) is 11.8 Å². The number of benzene rings is 1. The summed E-state index contributed by atoms with van der Waals surface area (Å²) in [5.74, 6) is 1.48. The maximum Gasteiger partial charge on any atom is 0.244 e. The van der Waals surface area contributed by atoms with Crippen molar-refractivity contribution in [3.8, 4) is 5.75 Å². The first kappa shape index (κ1) is 17.1. The highest BCUT2D eigenvalue weighted by Crippen LogP contribution is 2.23. The molecule has 21 heavy (non-hydrogen) atoms. The third kappa shape index (κ3) is 6.84. The maximum atomic E-state index is 11.6. The summed E-state index contributed by atoms with van der Waals surface area (Å²) in [7, 11) is 0. The molecule has 0 heterocycles. The van der Waals surface area contributed by atoms with Gasteiger partial charge in [-0.3, -0.25) is 4.79 Å². The van der Waals surface area contributed by atoms with Crippen molar-refractivity contribution in [2.75, 3.05) is 18.9 Å². The lowest BCUT2D eigenvalue weighted by atomic mass is 10.1. The number of hydrogen-bond donors (Lipinski definition) is 2. The van der Waals surface area contributed by atoms with E-state index in [1.54, 1.807) is 6.08 Å². The van der Waals surface area contributed by atoms with Crippen LogP contribution in [0.5, 0.6) is 5.75 Å². The summed E-state index contributed by atoms with van der Waals surface area (Å²) in [5.41, 5.74) is 7.42. The van der Waals surface area contributed by atoms with Gasteiger partial charge in [0.25, 0.3) is 0 Å². The van der Waals surface area contributed by atoms with E-state index in [1.165, 1.54) is 6.08 Å². The molecule has 1 amide bonds. The van der Waals surface area contributed by atoms with Gasteiger partial charge in [0.15, 0.2) is 0 Å². The summed E-state index contributed by atoms with van der Waals surface area (Å²) < 4.78 is 5.62. The number of nitrogens with one attached hydrogen (secondary N) is 1. The highest BCUT2D eigenvalue weighted by molar-refractivity contribution is 5.91. The second kappa shape index (κ2) is 8.35. The fourth-order valence-corrected chi connectivity index (χ4v) is 1.59. The van der Waals surface area contributed by atoms with Gasteiger partial charge in [0, 0.05) is 12.6 Å². The number of carbonyl (C=O) groups excluding carboxylic acids is 1. The molecular formula is C17H26N2O2. The number of carbonyl (C=O) groups is 1. The van der Waals surface area contributed by atoms with E-state index in [2.05, 4.69) is 33.0 Å². The molecule has 4 heteroatoms. The van der Waals surface area contributed by atoms with Gasteiger partial charge < -0.3 is 15.8 Å². The van der Waals surface area contributed by atoms with Crippen LogP contribution in [0.3, 0.4) is 0 Å². The van der Waals surface area contributed by atoms with Crippen LogP contribution < -0.4 is 15.8 Å². The molecule has 0 atom stereocenters. The van der Waals surface area contributed by atoms with Crippen molar-refractivity contribution in [2.24, 2.45) is 11.8 Å². The number of nitrogen functional groups attached to an aromatic ring is 1. The molecule has 0 saturated carbocycles. The van der Waals surface area contributed by atoms with Gasteiger partial charge in [-0.15, -0.1) is 0 Å². The zero-order chi connectivity index (χ0) is 15.8. The van der Waals surface area contributed by atoms with E-state index in [0.29, 0.717) is 36.4 Å². The van der Waals surface area contributed by atoms with Gasteiger partial charge in [0.2, 0.25) is 5.91 Å². The van der Waals surface area contributed by atoms with Crippen molar-refractivity contribution < 1.29 is 9.53 Å². The van der Waals surface area contributed by atoms with Crippen molar-refractivity contribution >= 4 is 17.7 Å². The normalized spacial score (nSPS) is 11.3. The topological polar surface area (TPSA) is 64.3 Å². The molecule has 0 saturated heterocycles. The number of rotatable bonds is 7. The Kier molecular flexibility index (Phi) is 6.79. The van der Waals surface area contributed by atoms with E-state index in [-0.39, 0.29) is 5.91 Å². The summed E-state index contributed by atoms with van der Waals surface area (Å²) in [6, 6.07) is 5.53. The molecule has 3 N–H and O–H groups in total. The quantitative estimate of drug-likeness (QED) is 0.599. The molecule has 0 radical (unpaired) electrons. The van der Waals surface area contributed by atoms with Gasteiger partial charge in [-0.2, -0.15) is 0 Å². The smallest absolute Gasteiger partial charge is 0.244 e. The molecule has 1 aromatic carbocycles. The fourth-order valence-electron chi connectivity index (χ4n) is 1.59. The molecule has 1 rings (SSSR count). The second-order valence-corrected chi connectivity index (χ2v) is 5.97. The Morgan fingerprint density at radius 1 is 1.29 bits per heavy atom. The first-order valence-corrected chi connectivity index (χ1v) is 7.36. The van der Waals surface area contributed by atoms with Crippen molar-refractivity contribution in [2.45, 2.75) is 27.7 Å². The molecule has 1 aromatic rings. The molecule has 116 valence electrons. The molecule has 0 bridgehead atoms. The van der Waals surface area contributed by atoms with Crippen LogP contribution in [0.1, 0.15) is 33.3 Å². The van der Waals surface area contributed by atoms with Crippen LogP contribution in [0.4, 0.5) is 5.69 Å². The third-order valence-electron chi connectivity index (χ3n) is 2.72. The van der Waals surface area contributed by atoms with Crippen LogP contribution >= 0.6 is 0 Å². The molecule has 0 aliphatic heterocycles. The van der Waals surface area contributed by atoms with Gasteiger partial charge in [-0.05, 0) is 35.6 Å². The van der Waals surface area contributed by atoms with E-state index < -0.39 is 0 Å². The molecule has 0 fully saturated rings. The Balaban J connectivity index is 2.60. The molecule has 0 aromatic heterocycles. The van der Waals surface area contributed by atoms with Crippen molar-refractivity contribution in [3.63, 3.8) is 0 Å². The van der Waals surface area contributed by atoms with Crippen molar-refractivity contribution in [1.29, 1.82) is 0 Å². The molecule has 0 unspecified atom stereocenters. The summed E-state index contributed by atoms with van der Waals surface area (Å²) in [6.07, 6.45) is 3.27. The van der Waals surface area contributed by atoms with Crippen LogP contribution in [0.2, 0.25) is 0 Å². The van der Waals surface area contributed by atoms with Crippen LogP contribution in [0.15, 0.2) is 24.3 Å². The molecule has 4 nitrogen and oxygen atoms in total. The first-order valence-electron chi connectivity index (χ1n) is 7.36. The molecule has 0 aliphatic carbocycles. The zero-order valence-corrected chi connectivity index (χ0v) is 13.3. The van der Waals surface area contributed by atoms with Gasteiger partial charge in [0.1, 0.15) is 5.75 Å². The minimum atomic E-state index is -0.0950. The van der Waals surface area contributed by atoms with Gasteiger partial charge >= 0.3 is 0 Å². The standard InChI is InChI=1S/C17H26N2O2/c1-12(2)10-19-17(20)8-6-14-5-7-16(15(18)9-14)21-11-13(3)4/h5-9,12-13H,10-11,18H2,1-4H3,(H,19,20)/b8-6-. The second-order valence-electron chi connectivity index (χ2n) is 5.97. The van der Waals surface area contributed by atoms with Crippen molar-refractivity contribution in [3.05, 3.63) is 29.8 Å². The maximum absolute atomic E-state index is 11.6. The summed E-state index contributed by atoms with van der Waals surface area (Å²) in [4.78, 5) is 11.6. The van der Waals surface area contributed by atoms with Gasteiger partial charge in [0.05, 0.1) is 12.3 Å². The van der Waals surface area contributed by atoms with E-state index in [9.17, 15) is 4.79 Å². The number of hydrogen-bond acceptors (Lipinski definition) is 3. The summed E-state index contributed by atoms with van der Waals surface area (Å²) in [5, 5.41) is 2.83. The monoisotopic (exact) mass is 290 g/mol. The number of nitrogens with two attached hydrogens (primary N) is 1. The van der Waals surface area contributed by atoms with Gasteiger partial charge in [-0.1, -0.05) is 33.8 Å². The third-order valence-corrected chi connectivity index (χ3v) is 2.72. The largest absolute Gasteiger partial charge is 0.491 e. The number of amides is 1. The van der Waals surface area contributed by atoms with Crippen LogP contribution in [0.25, 0.3) is 6.08 Å². The van der Waals surface area contributed by atoms with Gasteiger partial charge in [-0.25, -0.2) is 0 Å². The SMILES string of the molecule is CC(C)CNC(=O)/C=C\c1ccc(OCC(C)C)c(N)c1. The molecule has 0 spiro atoms. The zero-order valence-electron chi connectivity index (χ0n) is 13.3. The van der Waals surface area contributed by atoms with E-state index >= 15 is 0 Å². The molecular weight excluding hydrogens is 264 g/mol. The Bertz CT molecular complexity index is 494. The van der Waals surface area contributed by atoms with Crippen LogP contribution in [-0.4, -0.2) is 19.1 Å². The van der Waals surface area contributed by atoms with E-state index in [4.69, 9.17) is 10.5 Å².